The van der Waals surface area contributed by atoms with Gasteiger partial charge in [-0.25, -0.2) is 4.79 Å². The molecule has 2 aromatic carbocycles. The van der Waals surface area contributed by atoms with Gasteiger partial charge >= 0.3 is 6.03 Å². The van der Waals surface area contributed by atoms with Crippen molar-refractivity contribution in [1.29, 1.82) is 0 Å². The number of nitrogens with zero attached hydrogens (tertiary/aromatic N) is 2. The van der Waals surface area contributed by atoms with Gasteiger partial charge in [0.2, 0.25) is 0 Å². The first kappa shape index (κ1) is 18.3. The maximum Gasteiger partial charge on any atom is 0.323 e. The molecule has 0 unspecified atom stereocenters. The number of aromatic hydroxyl groups is 2. The minimum Gasteiger partial charge on any atom is -0.508 e. The van der Waals surface area contributed by atoms with Crippen molar-refractivity contribution in [1.82, 2.24) is 9.88 Å². The molecule has 0 aliphatic heterocycles. The van der Waals surface area contributed by atoms with E-state index in [1.807, 2.05) is 6.07 Å². The van der Waals surface area contributed by atoms with Crippen molar-refractivity contribution >= 4 is 45.6 Å². The van der Waals surface area contributed by atoms with Crippen molar-refractivity contribution in [3.8, 4) is 11.5 Å². The molecule has 27 heavy (non-hydrogen) atoms. The quantitative estimate of drug-likeness (QED) is 0.519. The fourth-order valence-corrected chi connectivity index (χ4v) is 3.12. The molecule has 3 rings (SSSR count). The number of carbonyl (C=O) groups excluding carboxylic acids is 1. The summed E-state index contributed by atoms with van der Waals surface area (Å²) in [5.74, 6) is -0.196. The number of aromatic nitrogens is 1. The van der Waals surface area contributed by atoms with Crippen molar-refractivity contribution in [3.63, 3.8) is 0 Å². The fourth-order valence-electron chi connectivity index (χ4n) is 2.91. The molecule has 1 aromatic heterocycles. The Hall–Kier alpha value is -3.52. The molecule has 0 atom stereocenters. The number of hydrogen-bond donors (Lipinski definition) is 4. The van der Waals surface area contributed by atoms with Gasteiger partial charge in [0.25, 0.3) is 0 Å². The summed E-state index contributed by atoms with van der Waals surface area (Å²) >= 11 is 5.45. The number of benzene rings is 2. The smallest absolute Gasteiger partial charge is 0.323 e. The van der Waals surface area contributed by atoms with Crippen LogP contribution in [0, 0.1) is 0 Å². The standard InChI is InChI=1S/C19H18N4O3S/c1-11(13-7-6-12(24)10-17(13)25)23(19(27)21-2)16-5-3-4-15-14(16)8-9-22(15)18(20)26/h3-10,24-25H,1H2,2H3,(H2,20,26)(H,21,27). The van der Waals surface area contributed by atoms with Crippen molar-refractivity contribution in [2.45, 2.75) is 0 Å². The van der Waals surface area contributed by atoms with E-state index in [0.29, 0.717) is 27.6 Å². The van der Waals surface area contributed by atoms with Gasteiger partial charge in [0.1, 0.15) is 11.5 Å². The highest BCUT2D eigenvalue weighted by atomic mass is 32.1. The Kier molecular flexibility index (Phi) is 4.74. The minimum absolute atomic E-state index is 0.0626. The number of fused-ring (bicyclic) bond motifs is 1. The highest BCUT2D eigenvalue weighted by Crippen LogP contribution is 2.36. The number of primary amides is 1. The lowest BCUT2D eigenvalue weighted by atomic mass is 10.1. The van der Waals surface area contributed by atoms with Gasteiger partial charge in [0.05, 0.1) is 16.9 Å². The van der Waals surface area contributed by atoms with Gasteiger partial charge in [-0.1, -0.05) is 12.6 Å². The molecule has 0 spiro atoms. The predicted octanol–water partition coefficient (Wildman–Crippen LogP) is 2.96. The SMILES string of the molecule is C=C(c1ccc(O)cc1O)N(C(=S)NC)c1cccc2c1ccn2C(N)=O. The minimum atomic E-state index is -0.597. The molecule has 0 aliphatic carbocycles. The molecule has 1 amide bonds. The second kappa shape index (κ2) is 7.00. The Labute approximate surface area is 160 Å². The maximum atomic E-state index is 11.6. The molecule has 0 radical (unpaired) electrons. The third-order valence-corrected chi connectivity index (χ3v) is 4.55. The third kappa shape index (κ3) is 3.18. The molecule has 138 valence electrons. The number of thiocarbonyl (C=S) groups is 1. The van der Waals surface area contributed by atoms with Crippen molar-refractivity contribution in [2.75, 3.05) is 11.9 Å². The third-order valence-electron chi connectivity index (χ3n) is 4.17. The predicted molar refractivity (Wildman–Crippen MR) is 110 cm³/mol. The maximum absolute atomic E-state index is 11.6. The molecule has 5 N–H and O–H groups in total. The van der Waals surface area contributed by atoms with Crippen LogP contribution in [0.25, 0.3) is 16.6 Å². The first-order chi connectivity index (χ1) is 12.8. The van der Waals surface area contributed by atoms with Gasteiger partial charge in [0, 0.05) is 30.3 Å². The second-order valence-corrected chi connectivity index (χ2v) is 6.16. The summed E-state index contributed by atoms with van der Waals surface area (Å²) in [6, 6.07) is 10.7. The van der Waals surface area contributed by atoms with Crippen LogP contribution < -0.4 is 16.0 Å². The van der Waals surface area contributed by atoms with Gasteiger partial charge in [-0.3, -0.25) is 9.47 Å². The van der Waals surface area contributed by atoms with Crippen LogP contribution in [0.2, 0.25) is 0 Å². The van der Waals surface area contributed by atoms with E-state index in [0.717, 1.165) is 5.39 Å². The summed E-state index contributed by atoms with van der Waals surface area (Å²) in [6.07, 6.45) is 1.58. The molecular weight excluding hydrogens is 364 g/mol. The molecule has 0 aliphatic rings. The zero-order valence-corrected chi connectivity index (χ0v) is 15.3. The van der Waals surface area contributed by atoms with Gasteiger partial charge in [-0.05, 0) is 42.5 Å². The monoisotopic (exact) mass is 382 g/mol. The van der Waals surface area contributed by atoms with Crippen LogP contribution in [0.1, 0.15) is 5.56 Å². The van der Waals surface area contributed by atoms with E-state index in [1.165, 1.54) is 16.7 Å². The van der Waals surface area contributed by atoms with Crippen LogP contribution in [0.5, 0.6) is 11.5 Å². The number of phenolic OH excluding ortho intramolecular Hbond substituents is 2. The molecule has 0 fully saturated rings. The Morgan fingerprint density at radius 3 is 2.63 bits per heavy atom. The number of nitrogens with two attached hydrogens (primary N) is 1. The summed E-state index contributed by atoms with van der Waals surface area (Å²) in [4.78, 5) is 13.3. The van der Waals surface area contributed by atoms with Crippen LogP contribution in [-0.2, 0) is 0 Å². The van der Waals surface area contributed by atoms with Gasteiger partial charge in [-0.15, -0.1) is 0 Å². The van der Waals surface area contributed by atoms with Gasteiger partial charge < -0.3 is 21.3 Å². The number of hydrogen-bond acceptors (Lipinski definition) is 4. The number of anilines is 1. The van der Waals surface area contributed by atoms with E-state index in [2.05, 4.69) is 11.9 Å². The number of amides is 1. The average molecular weight is 382 g/mol. The molecule has 7 nitrogen and oxygen atoms in total. The number of carbonyl (C=O) groups is 1. The lowest BCUT2D eigenvalue weighted by Crippen LogP contribution is -2.36. The zero-order chi connectivity index (χ0) is 19.7. The van der Waals surface area contributed by atoms with E-state index in [1.54, 1.807) is 42.4 Å². The highest BCUT2D eigenvalue weighted by Gasteiger charge is 2.22. The van der Waals surface area contributed by atoms with Crippen LogP contribution in [0.4, 0.5) is 10.5 Å². The van der Waals surface area contributed by atoms with Crippen molar-refractivity contribution in [2.24, 2.45) is 5.73 Å². The Bertz CT molecular complexity index is 1070. The van der Waals surface area contributed by atoms with Crippen LogP contribution in [0.15, 0.2) is 55.2 Å². The van der Waals surface area contributed by atoms with Crippen LogP contribution in [0.3, 0.4) is 0 Å². The van der Waals surface area contributed by atoms with Gasteiger partial charge in [-0.2, -0.15) is 0 Å². The van der Waals surface area contributed by atoms with Crippen LogP contribution in [-0.4, -0.2) is 33.0 Å². The lowest BCUT2D eigenvalue weighted by molar-refractivity contribution is 0.251. The normalized spacial score (nSPS) is 10.6. The van der Waals surface area contributed by atoms with E-state index in [4.69, 9.17) is 18.0 Å². The molecule has 0 saturated carbocycles. The van der Waals surface area contributed by atoms with E-state index in [9.17, 15) is 15.0 Å². The fraction of sp³-hybridized carbons (Fsp3) is 0.0526. The highest BCUT2D eigenvalue weighted by molar-refractivity contribution is 7.80. The van der Waals surface area contributed by atoms with Crippen molar-refractivity contribution < 1.29 is 15.0 Å². The first-order valence-electron chi connectivity index (χ1n) is 7.98. The lowest BCUT2D eigenvalue weighted by Gasteiger charge is -2.28. The molecule has 8 heteroatoms. The Morgan fingerprint density at radius 2 is 2.00 bits per heavy atom. The van der Waals surface area contributed by atoms with E-state index in [-0.39, 0.29) is 11.5 Å². The summed E-state index contributed by atoms with van der Waals surface area (Å²) in [6.45, 7) is 4.07. The van der Waals surface area contributed by atoms with Crippen LogP contribution >= 0.6 is 12.2 Å². The summed E-state index contributed by atoms with van der Waals surface area (Å²) < 4.78 is 1.33. The van der Waals surface area contributed by atoms with E-state index < -0.39 is 6.03 Å². The molecular formula is C19H18N4O3S. The molecule has 0 bridgehead atoms. The average Bonchev–Trinajstić information content (AvgIpc) is 3.06. The number of nitrogens with one attached hydrogen (secondary N) is 1. The largest absolute Gasteiger partial charge is 0.508 e. The second-order valence-electron chi connectivity index (χ2n) is 5.77. The first-order valence-corrected chi connectivity index (χ1v) is 8.39. The topological polar surface area (TPSA) is 104 Å². The van der Waals surface area contributed by atoms with Crippen molar-refractivity contribution in [3.05, 3.63) is 60.8 Å². The molecule has 3 aromatic rings. The summed E-state index contributed by atoms with van der Waals surface area (Å²) in [5, 5.41) is 23.7. The van der Waals surface area contributed by atoms with Gasteiger partial charge in [0.15, 0.2) is 5.11 Å². The van der Waals surface area contributed by atoms with E-state index >= 15 is 0 Å². The summed E-state index contributed by atoms with van der Waals surface area (Å²) in [5.41, 5.74) is 7.49. The Morgan fingerprint density at radius 1 is 1.26 bits per heavy atom. The zero-order valence-electron chi connectivity index (χ0n) is 14.5. The summed E-state index contributed by atoms with van der Waals surface area (Å²) in [7, 11) is 1.67. The number of phenols is 2. The molecule has 1 heterocycles. The molecule has 0 saturated heterocycles. The Balaban J connectivity index is 2.19. The number of rotatable bonds is 3.